The highest BCUT2D eigenvalue weighted by atomic mass is 19.1. The van der Waals surface area contributed by atoms with Crippen molar-refractivity contribution in [2.24, 2.45) is 5.73 Å². The predicted octanol–water partition coefficient (Wildman–Crippen LogP) is 1.55. The molecule has 0 aliphatic heterocycles. The third kappa shape index (κ3) is 2.59. The van der Waals surface area contributed by atoms with Crippen molar-refractivity contribution in [1.29, 1.82) is 0 Å². The predicted molar refractivity (Wildman–Crippen MR) is 57.7 cm³/mol. The number of rotatable bonds is 4. The Hall–Kier alpha value is -1.95. The summed E-state index contributed by atoms with van der Waals surface area (Å²) in [5.74, 6) is -0.286. The molecule has 0 unspecified atom stereocenters. The van der Waals surface area contributed by atoms with Gasteiger partial charge in [-0.1, -0.05) is 16.4 Å². The molecule has 1 aromatic heterocycles. The van der Waals surface area contributed by atoms with E-state index in [0.29, 0.717) is 23.5 Å². The van der Waals surface area contributed by atoms with E-state index >= 15 is 0 Å². The van der Waals surface area contributed by atoms with Gasteiger partial charge in [-0.3, -0.25) is 0 Å². The van der Waals surface area contributed by atoms with Crippen molar-refractivity contribution in [2.45, 2.75) is 20.1 Å². The average Bonchev–Trinajstić information content (AvgIpc) is 2.73. The fourth-order valence-corrected chi connectivity index (χ4v) is 1.31. The van der Waals surface area contributed by atoms with Gasteiger partial charge in [0.25, 0.3) is 0 Å². The first-order valence-corrected chi connectivity index (χ1v) is 5.10. The lowest BCUT2D eigenvalue weighted by molar-refractivity contribution is 0.262. The molecule has 1 aromatic carbocycles. The molecule has 17 heavy (non-hydrogen) atoms. The first kappa shape index (κ1) is 11.5. The van der Waals surface area contributed by atoms with Gasteiger partial charge in [-0.15, -0.1) is 0 Å². The second-order valence-corrected chi connectivity index (χ2v) is 3.55. The molecule has 2 rings (SSSR count). The normalized spacial score (nSPS) is 10.5. The van der Waals surface area contributed by atoms with E-state index in [2.05, 4.69) is 14.9 Å². The summed E-state index contributed by atoms with van der Waals surface area (Å²) in [7, 11) is 0. The number of nitrogens with zero attached hydrogens (tertiary/aromatic N) is 2. The van der Waals surface area contributed by atoms with E-state index in [-0.39, 0.29) is 12.4 Å². The Kier molecular flexibility index (Phi) is 3.34. The summed E-state index contributed by atoms with van der Waals surface area (Å²) in [6, 6.07) is 4.61. The Morgan fingerprint density at radius 1 is 1.41 bits per heavy atom. The highest BCUT2D eigenvalue weighted by Gasteiger charge is 2.08. The topological polar surface area (TPSA) is 74.2 Å². The van der Waals surface area contributed by atoms with Crippen LogP contribution in [-0.4, -0.2) is 10.3 Å². The Morgan fingerprint density at radius 2 is 2.24 bits per heavy atom. The molecule has 0 radical (unpaired) electrons. The fraction of sp³-hybridized carbons (Fsp3) is 0.273. The minimum atomic E-state index is -0.443. The largest absolute Gasteiger partial charge is 0.484 e. The van der Waals surface area contributed by atoms with Crippen molar-refractivity contribution >= 4 is 0 Å². The molecule has 0 bridgehead atoms. The molecule has 0 aliphatic rings. The summed E-state index contributed by atoms with van der Waals surface area (Å²) in [5, 5.41) is 7.24. The van der Waals surface area contributed by atoms with Crippen molar-refractivity contribution in [2.75, 3.05) is 0 Å². The Balaban J connectivity index is 2.07. The first-order chi connectivity index (χ1) is 8.20. The summed E-state index contributed by atoms with van der Waals surface area (Å²) >= 11 is 0. The zero-order chi connectivity index (χ0) is 12.3. The quantitative estimate of drug-likeness (QED) is 0.873. The van der Waals surface area contributed by atoms with Crippen LogP contribution >= 0.6 is 0 Å². The van der Waals surface area contributed by atoms with Crippen molar-refractivity contribution in [3.8, 4) is 5.75 Å². The van der Waals surface area contributed by atoms with Gasteiger partial charge in [0.05, 0.1) is 0 Å². The monoisotopic (exact) mass is 237 g/mol. The summed E-state index contributed by atoms with van der Waals surface area (Å²) in [4.78, 5) is 0. The maximum atomic E-state index is 13.5. The van der Waals surface area contributed by atoms with Crippen LogP contribution in [0.5, 0.6) is 5.75 Å². The molecule has 0 amide bonds. The van der Waals surface area contributed by atoms with E-state index in [1.807, 2.05) is 0 Å². The highest BCUT2D eigenvalue weighted by molar-refractivity contribution is 5.29. The molecule has 5 nitrogen and oxygen atoms in total. The van der Waals surface area contributed by atoms with Gasteiger partial charge in [0.1, 0.15) is 18.0 Å². The molecule has 90 valence electrons. The molecule has 2 aromatic rings. The van der Waals surface area contributed by atoms with E-state index in [9.17, 15) is 4.39 Å². The number of aromatic nitrogens is 2. The number of hydrogen-bond acceptors (Lipinski definition) is 5. The Morgan fingerprint density at radius 3 is 2.82 bits per heavy atom. The number of nitrogens with two attached hydrogens (primary N) is 1. The van der Waals surface area contributed by atoms with E-state index in [0.717, 1.165) is 0 Å². The van der Waals surface area contributed by atoms with Gasteiger partial charge in [-0.05, 0) is 24.6 Å². The lowest BCUT2D eigenvalue weighted by atomic mass is 10.2. The molecule has 0 saturated heterocycles. The van der Waals surface area contributed by atoms with Crippen LogP contribution in [0.25, 0.3) is 0 Å². The van der Waals surface area contributed by atoms with Crippen LogP contribution in [0.15, 0.2) is 22.8 Å². The van der Waals surface area contributed by atoms with Gasteiger partial charge in [-0.2, -0.15) is 0 Å². The van der Waals surface area contributed by atoms with Crippen LogP contribution in [-0.2, 0) is 13.2 Å². The summed E-state index contributed by atoms with van der Waals surface area (Å²) in [6.07, 6.45) is 0. The standard InChI is InChI=1S/C11H12FN3O2/c1-7-10(15-17-14-7)6-16-11-3-2-8(5-13)4-9(11)12/h2-4H,5-6,13H2,1H3. The summed E-state index contributed by atoms with van der Waals surface area (Å²) in [6.45, 7) is 2.15. The van der Waals surface area contributed by atoms with E-state index in [1.54, 1.807) is 19.1 Å². The van der Waals surface area contributed by atoms with Gasteiger partial charge in [0.15, 0.2) is 11.6 Å². The highest BCUT2D eigenvalue weighted by Crippen LogP contribution is 2.19. The van der Waals surface area contributed by atoms with Crippen LogP contribution in [0.2, 0.25) is 0 Å². The molecule has 0 fully saturated rings. The molecule has 2 N–H and O–H groups in total. The number of benzene rings is 1. The zero-order valence-electron chi connectivity index (χ0n) is 9.31. The van der Waals surface area contributed by atoms with E-state index in [4.69, 9.17) is 10.5 Å². The minimum Gasteiger partial charge on any atom is -0.484 e. The summed E-state index contributed by atoms with van der Waals surface area (Å²) in [5.41, 5.74) is 7.30. The Bertz CT molecular complexity index is 513. The number of hydrogen-bond donors (Lipinski definition) is 1. The van der Waals surface area contributed by atoms with Gasteiger partial charge in [-0.25, -0.2) is 9.02 Å². The van der Waals surface area contributed by atoms with Crippen molar-refractivity contribution < 1.29 is 13.8 Å². The Labute approximate surface area is 97.3 Å². The van der Waals surface area contributed by atoms with Gasteiger partial charge < -0.3 is 10.5 Å². The van der Waals surface area contributed by atoms with Crippen LogP contribution < -0.4 is 10.5 Å². The van der Waals surface area contributed by atoms with Crippen LogP contribution in [0.3, 0.4) is 0 Å². The molecule has 6 heteroatoms. The zero-order valence-corrected chi connectivity index (χ0v) is 9.31. The third-order valence-electron chi connectivity index (χ3n) is 2.34. The number of ether oxygens (including phenoxy) is 1. The molecule has 0 spiro atoms. The first-order valence-electron chi connectivity index (χ1n) is 5.10. The molecule has 0 atom stereocenters. The summed E-state index contributed by atoms with van der Waals surface area (Å²) < 4.78 is 23.3. The minimum absolute atomic E-state index is 0.119. The van der Waals surface area contributed by atoms with Crippen molar-refractivity contribution in [3.05, 3.63) is 41.0 Å². The molecular weight excluding hydrogens is 225 g/mol. The molecule has 0 aliphatic carbocycles. The van der Waals surface area contributed by atoms with Crippen molar-refractivity contribution in [1.82, 2.24) is 10.3 Å². The second-order valence-electron chi connectivity index (χ2n) is 3.55. The maximum Gasteiger partial charge on any atom is 0.165 e. The lowest BCUT2D eigenvalue weighted by Crippen LogP contribution is -2.01. The number of aryl methyl sites for hydroxylation is 1. The van der Waals surface area contributed by atoms with Crippen LogP contribution in [0, 0.1) is 12.7 Å². The van der Waals surface area contributed by atoms with Gasteiger partial charge >= 0.3 is 0 Å². The molecular formula is C11H12FN3O2. The second kappa shape index (κ2) is 4.92. The third-order valence-corrected chi connectivity index (χ3v) is 2.34. The van der Waals surface area contributed by atoms with E-state index in [1.165, 1.54) is 6.07 Å². The molecule has 0 saturated carbocycles. The van der Waals surface area contributed by atoms with Gasteiger partial charge in [0.2, 0.25) is 0 Å². The van der Waals surface area contributed by atoms with E-state index < -0.39 is 5.82 Å². The lowest BCUT2D eigenvalue weighted by Gasteiger charge is -2.06. The van der Waals surface area contributed by atoms with Crippen LogP contribution in [0.1, 0.15) is 17.0 Å². The van der Waals surface area contributed by atoms with Crippen LogP contribution in [0.4, 0.5) is 4.39 Å². The fourth-order valence-electron chi connectivity index (χ4n) is 1.31. The maximum absolute atomic E-state index is 13.5. The number of halogens is 1. The van der Waals surface area contributed by atoms with Gasteiger partial charge in [0, 0.05) is 6.54 Å². The average molecular weight is 237 g/mol. The van der Waals surface area contributed by atoms with Crippen molar-refractivity contribution in [3.63, 3.8) is 0 Å². The molecule has 1 heterocycles. The SMILES string of the molecule is Cc1nonc1COc1ccc(CN)cc1F. The smallest absolute Gasteiger partial charge is 0.165 e.